The molecule has 1 atom stereocenters. The van der Waals surface area contributed by atoms with Crippen molar-refractivity contribution in [1.29, 1.82) is 0 Å². The minimum Gasteiger partial charge on any atom is -0.339 e. The van der Waals surface area contributed by atoms with Crippen LogP contribution in [0.1, 0.15) is 22.6 Å². The van der Waals surface area contributed by atoms with Gasteiger partial charge in [0.25, 0.3) is 0 Å². The molecule has 0 unspecified atom stereocenters. The average molecular weight is 270 g/mol. The van der Waals surface area contributed by atoms with Gasteiger partial charge in [-0.2, -0.15) is 0 Å². The van der Waals surface area contributed by atoms with Gasteiger partial charge in [0, 0.05) is 10.6 Å². The summed E-state index contributed by atoms with van der Waals surface area (Å²) in [6.07, 6.45) is 0. The second-order valence-electron chi connectivity index (χ2n) is 5.49. The minimum atomic E-state index is 0.521. The normalized spacial score (nSPS) is 17.7. The summed E-state index contributed by atoms with van der Waals surface area (Å²) in [5.74, 6) is 1.61. The number of fused-ring (bicyclic) bond motifs is 2. The van der Waals surface area contributed by atoms with E-state index in [-0.39, 0.29) is 0 Å². The van der Waals surface area contributed by atoms with Crippen molar-refractivity contribution in [2.24, 2.45) is 0 Å². The molecule has 1 heterocycles. The van der Waals surface area contributed by atoms with Crippen LogP contribution >= 0.6 is 11.8 Å². The fourth-order valence-electron chi connectivity index (χ4n) is 2.86. The summed E-state index contributed by atoms with van der Waals surface area (Å²) in [4.78, 5) is 2.95. The van der Waals surface area contributed by atoms with Crippen LogP contribution < -0.4 is 4.90 Å². The van der Waals surface area contributed by atoms with Gasteiger partial charge in [-0.05, 0) is 22.8 Å². The molecule has 0 aromatic heterocycles. The Kier molecular flexibility index (Phi) is 3.63. The number of thioether (sulfide) groups is 1. The van der Waals surface area contributed by atoms with Crippen molar-refractivity contribution in [3.63, 3.8) is 0 Å². The molecule has 98 valence electrons. The first kappa shape index (κ1) is 12.8. The standard InChI is InChI=1S/C17H19NS/c1-18(2)11-16-14-8-4-3-7-13(14)12-19-17-10-6-5-9-15(16)17/h3-10,16H,11-12H2,1-2H3/p+1/t16-/m0/s1. The molecule has 1 nitrogen and oxygen atoms in total. The molecule has 0 spiro atoms. The highest BCUT2D eigenvalue weighted by molar-refractivity contribution is 7.98. The number of likely N-dealkylation sites (N-methyl/N-ethyl adjacent to an activating group) is 1. The fourth-order valence-corrected chi connectivity index (χ4v) is 3.98. The lowest BCUT2D eigenvalue weighted by molar-refractivity contribution is -0.859. The van der Waals surface area contributed by atoms with Gasteiger partial charge >= 0.3 is 0 Å². The molecule has 0 bridgehead atoms. The Bertz CT molecular complexity index is 529. The Morgan fingerprint density at radius 3 is 2.47 bits per heavy atom. The minimum absolute atomic E-state index is 0.521. The van der Waals surface area contributed by atoms with Gasteiger partial charge < -0.3 is 4.90 Å². The highest BCUT2D eigenvalue weighted by Gasteiger charge is 2.25. The molecule has 0 radical (unpaired) electrons. The first-order valence-electron chi connectivity index (χ1n) is 6.84. The predicted molar refractivity (Wildman–Crippen MR) is 82.0 cm³/mol. The van der Waals surface area contributed by atoms with Gasteiger partial charge in [-0.3, -0.25) is 0 Å². The van der Waals surface area contributed by atoms with Gasteiger partial charge in [0.15, 0.2) is 0 Å². The lowest BCUT2D eigenvalue weighted by atomic mass is 9.88. The van der Waals surface area contributed by atoms with E-state index in [0.29, 0.717) is 5.92 Å². The summed E-state index contributed by atoms with van der Waals surface area (Å²) in [7, 11) is 4.48. The maximum Gasteiger partial charge on any atom is 0.0878 e. The molecule has 1 aliphatic rings. The molecule has 1 aliphatic heterocycles. The summed E-state index contributed by atoms with van der Waals surface area (Å²) in [5.41, 5.74) is 4.51. The van der Waals surface area contributed by atoms with E-state index >= 15 is 0 Å². The number of rotatable bonds is 2. The zero-order valence-corrected chi connectivity index (χ0v) is 12.3. The van der Waals surface area contributed by atoms with E-state index < -0.39 is 0 Å². The van der Waals surface area contributed by atoms with Crippen LogP contribution in [0, 0.1) is 0 Å². The quantitative estimate of drug-likeness (QED) is 0.879. The number of benzene rings is 2. The van der Waals surface area contributed by atoms with Crippen LogP contribution in [0.15, 0.2) is 53.4 Å². The molecule has 0 saturated carbocycles. The van der Waals surface area contributed by atoms with Crippen LogP contribution in [0.2, 0.25) is 0 Å². The molecule has 2 heteroatoms. The summed E-state index contributed by atoms with van der Waals surface area (Å²) >= 11 is 1.97. The largest absolute Gasteiger partial charge is 0.339 e. The summed E-state index contributed by atoms with van der Waals surface area (Å²) < 4.78 is 0. The molecule has 0 aliphatic carbocycles. The molecule has 0 amide bonds. The summed E-state index contributed by atoms with van der Waals surface area (Å²) in [5, 5.41) is 0. The number of hydrogen-bond acceptors (Lipinski definition) is 1. The van der Waals surface area contributed by atoms with Crippen LogP contribution in [0.3, 0.4) is 0 Å². The Hall–Kier alpha value is -1.25. The van der Waals surface area contributed by atoms with Crippen molar-refractivity contribution in [2.45, 2.75) is 16.6 Å². The van der Waals surface area contributed by atoms with E-state index in [1.54, 1.807) is 0 Å². The van der Waals surface area contributed by atoms with Crippen molar-refractivity contribution in [1.82, 2.24) is 0 Å². The van der Waals surface area contributed by atoms with Gasteiger partial charge in [0.2, 0.25) is 0 Å². The fraction of sp³-hybridized carbons (Fsp3) is 0.294. The highest BCUT2D eigenvalue weighted by atomic mass is 32.2. The number of nitrogens with one attached hydrogen (secondary N) is 1. The number of hydrogen-bond donors (Lipinski definition) is 1. The first-order valence-corrected chi connectivity index (χ1v) is 7.83. The zero-order chi connectivity index (χ0) is 13.2. The molecule has 0 fully saturated rings. The van der Waals surface area contributed by atoms with E-state index in [2.05, 4.69) is 62.6 Å². The number of quaternary nitrogens is 1. The average Bonchev–Trinajstić information content (AvgIpc) is 2.57. The SMILES string of the molecule is C[NH+](C)C[C@H]1c2ccccc2CSc2ccccc21. The lowest BCUT2D eigenvalue weighted by Gasteiger charge is -2.21. The van der Waals surface area contributed by atoms with E-state index in [4.69, 9.17) is 0 Å². The van der Waals surface area contributed by atoms with Crippen molar-refractivity contribution >= 4 is 11.8 Å². The Labute approximate surface area is 119 Å². The lowest BCUT2D eigenvalue weighted by Crippen LogP contribution is -3.06. The van der Waals surface area contributed by atoms with Gasteiger partial charge in [-0.15, -0.1) is 11.8 Å². The van der Waals surface area contributed by atoms with Crippen LogP contribution in [0.25, 0.3) is 0 Å². The third-order valence-electron chi connectivity index (χ3n) is 3.72. The molecule has 2 aromatic carbocycles. The maximum absolute atomic E-state index is 2.31. The highest BCUT2D eigenvalue weighted by Crippen LogP contribution is 2.39. The Morgan fingerprint density at radius 2 is 1.68 bits per heavy atom. The molecule has 19 heavy (non-hydrogen) atoms. The van der Waals surface area contributed by atoms with E-state index in [0.717, 1.165) is 12.3 Å². The van der Waals surface area contributed by atoms with Gasteiger partial charge in [-0.1, -0.05) is 42.5 Å². The topological polar surface area (TPSA) is 4.44 Å². The molecular formula is C17H20NS+. The molecule has 0 saturated heterocycles. The predicted octanol–water partition coefficient (Wildman–Crippen LogP) is 2.57. The van der Waals surface area contributed by atoms with E-state index in [9.17, 15) is 0 Å². The van der Waals surface area contributed by atoms with Gasteiger partial charge in [0.05, 0.1) is 26.6 Å². The van der Waals surface area contributed by atoms with Crippen LogP contribution in [0.5, 0.6) is 0 Å². The second-order valence-corrected chi connectivity index (χ2v) is 6.51. The van der Waals surface area contributed by atoms with Crippen molar-refractivity contribution in [3.8, 4) is 0 Å². The van der Waals surface area contributed by atoms with Crippen molar-refractivity contribution in [3.05, 3.63) is 65.2 Å². The second kappa shape index (κ2) is 5.40. The summed E-state index contributed by atoms with van der Waals surface area (Å²) in [6.45, 7) is 1.15. The smallest absolute Gasteiger partial charge is 0.0878 e. The summed E-state index contributed by atoms with van der Waals surface area (Å²) in [6, 6.07) is 17.8. The van der Waals surface area contributed by atoms with Crippen molar-refractivity contribution < 1.29 is 4.90 Å². The third-order valence-corrected chi connectivity index (χ3v) is 4.86. The monoisotopic (exact) mass is 270 g/mol. The molecule has 1 N–H and O–H groups in total. The third kappa shape index (κ3) is 2.56. The van der Waals surface area contributed by atoms with Crippen LogP contribution in [-0.2, 0) is 5.75 Å². The van der Waals surface area contributed by atoms with Crippen molar-refractivity contribution in [2.75, 3.05) is 20.6 Å². The first-order chi connectivity index (χ1) is 9.25. The van der Waals surface area contributed by atoms with Gasteiger partial charge in [0.1, 0.15) is 0 Å². The Balaban J connectivity index is 2.13. The van der Waals surface area contributed by atoms with E-state index in [1.165, 1.54) is 26.5 Å². The van der Waals surface area contributed by atoms with Crippen LogP contribution in [0.4, 0.5) is 0 Å². The Morgan fingerprint density at radius 1 is 1.00 bits per heavy atom. The maximum atomic E-state index is 2.31. The zero-order valence-electron chi connectivity index (χ0n) is 11.5. The van der Waals surface area contributed by atoms with E-state index in [1.807, 2.05) is 11.8 Å². The molecule has 3 rings (SSSR count). The molecular weight excluding hydrogens is 250 g/mol. The van der Waals surface area contributed by atoms with Crippen LogP contribution in [-0.4, -0.2) is 20.6 Å². The van der Waals surface area contributed by atoms with Gasteiger partial charge in [-0.25, -0.2) is 0 Å². The molecule has 2 aromatic rings.